The van der Waals surface area contributed by atoms with Gasteiger partial charge in [0.1, 0.15) is 0 Å². The van der Waals surface area contributed by atoms with Gasteiger partial charge >= 0.3 is 12.0 Å². The van der Waals surface area contributed by atoms with E-state index in [-0.39, 0.29) is 12.1 Å². The lowest BCUT2D eigenvalue weighted by Crippen LogP contribution is -2.49. The maximum atomic E-state index is 12.2. The average Bonchev–Trinajstić information content (AvgIpc) is 2.84. The van der Waals surface area contributed by atoms with E-state index < -0.39 is 11.9 Å². The highest BCUT2D eigenvalue weighted by molar-refractivity contribution is 5.76. The molecule has 2 atom stereocenters. The molecule has 1 heterocycles. The molecule has 0 bridgehead atoms. The first-order valence-corrected chi connectivity index (χ1v) is 7.19. The van der Waals surface area contributed by atoms with Gasteiger partial charge in [-0.3, -0.25) is 9.48 Å². The van der Waals surface area contributed by atoms with Gasteiger partial charge in [-0.1, -0.05) is 12.8 Å². The van der Waals surface area contributed by atoms with E-state index >= 15 is 0 Å². The molecule has 0 saturated heterocycles. The molecule has 0 radical (unpaired) electrons. The first-order chi connectivity index (χ1) is 9.97. The number of carboxylic acid groups (broad SMARTS) is 1. The van der Waals surface area contributed by atoms with Crippen LogP contribution in [0.4, 0.5) is 4.79 Å². The number of urea groups is 1. The summed E-state index contributed by atoms with van der Waals surface area (Å²) in [6.45, 7) is 0.449. The molecule has 21 heavy (non-hydrogen) atoms. The summed E-state index contributed by atoms with van der Waals surface area (Å²) in [5, 5.41) is 16.1. The van der Waals surface area contributed by atoms with Crippen molar-refractivity contribution in [3.8, 4) is 0 Å². The summed E-state index contributed by atoms with van der Waals surface area (Å²) in [4.78, 5) is 25.0. The SMILES string of the molecule is CN(Cc1cnn(C)c1)C(=O)NC1CCCCC1C(=O)O. The molecule has 0 spiro atoms. The van der Waals surface area contributed by atoms with Crippen molar-refractivity contribution in [2.75, 3.05) is 7.05 Å². The molecule has 1 saturated carbocycles. The molecule has 2 N–H and O–H groups in total. The Labute approximate surface area is 123 Å². The minimum Gasteiger partial charge on any atom is -0.481 e. The number of carboxylic acids is 1. The summed E-state index contributed by atoms with van der Waals surface area (Å²) >= 11 is 0. The Morgan fingerprint density at radius 1 is 1.48 bits per heavy atom. The molecule has 7 nitrogen and oxygen atoms in total. The molecule has 7 heteroatoms. The Bertz CT molecular complexity index is 514. The molecule has 116 valence electrons. The molecule has 2 rings (SSSR count). The summed E-state index contributed by atoms with van der Waals surface area (Å²) in [6.07, 6.45) is 6.79. The lowest BCUT2D eigenvalue weighted by Gasteiger charge is -2.30. The van der Waals surface area contributed by atoms with Crippen LogP contribution in [0.2, 0.25) is 0 Å². The van der Waals surface area contributed by atoms with Gasteiger partial charge in [0.05, 0.1) is 18.7 Å². The third-order valence-corrected chi connectivity index (χ3v) is 3.92. The van der Waals surface area contributed by atoms with Gasteiger partial charge in [0.15, 0.2) is 0 Å². The van der Waals surface area contributed by atoms with E-state index in [0.717, 1.165) is 24.8 Å². The molecule has 0 aliphatic heterocycles. The van der Waals surface area contributed by atoms with Crippen molar-refractivity contribution in [1.82, 2.24) is 20.0 Å². The predicted molar refractivity (Wildman–Crippen MR) is 76.6 cm³/mol. The number of aliphatic carboxylic acids is 1. The van der Waals surface area contributed by atoms with Crippen molar-refractivity contribution in [1.29, 1.82) is 0 Å². The van der Waals surface area contributed by atoms with Crippen LogP contribution in [0.3, 0.4) is 0 Å². The molecule has 2 unspecified atom stereocenters. The van der Waals surface area contributed by atoms with Crippen molar-refractivity contribution in [3.05, 3.63) is 18.0 Å². The molecule has 0 aromatic carbocycles. The molecular formula is C14H22N4O3. The fourth-order valence-electron chi connectivity index (χ4n) is 2.77. The largest absolute Gasteiger partial charge is 0.481 e. The summed E-state index contributed by atoms with van der Waals surface area (Å²) < 4.78 is 1.68. The second kappa shape index (κ2) is 6.60. The van der Waals surface area contributed by atoms with E-state index in [2.05, 4.69) is 10.4 Å². The lowest BCUT2D eigenvalue weighted by atomic mass is 9.84. The number of hydrogen-bond acceptors (Lipinski definition) is 3. The summed E-state index contributed by atoms with van der Waals surface area (Å²) in [7, 11) is 3.52. The third-order valence-electron chi connectivity index (χ3n) is 3.92. The van der Waals surface area contributed by atoms with E-state index in [1.54, 1.807) is 22.8 Å². The Morgan fingerprint density at radius 3 is 2.81 bits per heavy atom. The Morgan fingerprint density at radius 2 is 2.19 bits per heavy atom. The van der Waals surface area contributed by atoms with Gasteiger partial charge in [0.25, 0.3) is 0 Å². The summed E-state index contributed by atoms with van der Waals surface area (Å²) in [5.74, 6) is -1.30. The molecule has 1 aliphatic rings. The van der Waals surface area contributed by atoms with E-state index in [4.69, 9.17) is 0 Å². The van der Waals surface area contributed by atoms with E-state index in [1.165, 1.54) is 0 Å². The second-order valence-corrected chi connectivity index (χ2v) is 5.66. The fourth-order valence-corrected chi connectivity index (χ4v) is 2.77. The third kappa shape index (κ3) is 3.96. The highest BCUT2D eigenvalue weighted by atomic mass is 16.4. The zero-order valence-corrected chi connectivity index (χ0v) is 12.5. The van der Waals surface area contributed by atoms with Crippen molar-refractivity contribution in [2.24, 2.45) is 13.0 Å². The van der Waals surface area contributed by atoms with Crippen LogP contribution in [0.25, 0.3) is 0 Å². The van der Waals surface area contributed by atoms with Gasteiger partial charge in [-0.25, -0.2) is 4.79 Å². The van der Waals surface area contributed by atoms with Crippen LogP contribution >= 0.6 is 0 Å². The van der Waals surface area contributed by atoms with Crippen LogP contribution < -0.4 is 5.32 Å². The van der Waals surface area contributed by atoms with Crippen LogP contribution in [0, 0.1) is 5.92 Å². The van der Waals surface area contributed by atoms with Crippen LogP contribution in [0.15, 0.2) is 12.4 Å². The Hall–Kier alpha value is -2.05. The molecule has 1 aliphatic carbocycles. The highest BCUT2D eigenvalue weighted by Gasteiger charge is 2.32. The van der Waals surface area contributed by atoms with Gasteiger partial charge in [-0.05, 0) is 12.8 Å². The predicted octanol–water partition coefficient (Wildman–Crippen LogP) is 1.20. The van der Waals surface area contributed by atoms with Crippen molar-refractivity contribution < 1.29 is 14.7 Å². The Balaban J connectivity index is 1.91. The molecule has 1 aromatic heterocycles. The number of nitrogens with zero attached hydrogens (tertiary/aromatic N) is 3. The number of amides is 2. The molecule has 1 aromatic rings. The second-order valence-electron chi connectivity index (χ2n) is 5.66. The average molecular weight is 294 g/mol. The first-order valence-electron chi connectivity index (χ1n) is 7.19. The van der Waals surface area contributed by atoms with Gasteiger partial charge in [0, 0.05) is 31.9 Å². The van der Waals surface area contributed by atoms with Gasteiger partial charge in [0.2, 0.25) is 0 Å². The van der Waals surface area contributed by atoms with E-state index in [0.29, 0.717) is 13.0 Å². The number of aryl methyl sites for hydroxylation is 1. The topological polar surface area (TPSA) is 87.5 Å². The minimum absolute atomic E-state index is 0.239. The molecule has 2 amide bonds. The first kappa shape index (κ1) is 15.3. The van der Waals surface area contributed by atoms with Crippen molar-refractivity contribution >= 4 is 12.0 Å². The standard InChI is InChI=1S/C14H22N4O3/c1-17(8-10-7-15-18(2)9-10)14(21)16-12-6-4-3-5-11(12)13(19)20/h7,9,11-12H,3-6,8H2,1-2H3,(H,16,21)(H,19,20). The van der Waals surface area contributed by atoms with E-state index in [9.17, 15) is 14.7 Å². The van der Waals surface area contributed by atoms with Gasteiger partial charge in [-0.15, -0.1) is 0 Å². The summed E-state index contributed by atoms with van der Waals surface area (Å²) in [5.41, 5.74) is 0.938. The lowest BCUT2D eigenvalue weighted by molar-refractivity contribution is -0.143. The number of aromatic nitrogens is 2. The highest BCUT2D eigenvalue weighted by Crippen LogP contribution is 2.24. The number of carbonyl (C=O) groups excluding carboxylic acids is 1. The van der Waals surface area contributed by atoms with Crippen LogP contribution in [-0.4, -0.2) is 44.9 Å². The van der Waals surface area contributed by atoms with Crippen LogP contribution in [0.5, 0.6) is 0 Å². The molecule has 1 fully saturated rings. The Kier molecular flexibility index (Phi) is 4.82. The van der Waals surface area contributed by atoms with Gasteiger partial charge < -0.3 is 15.3 Å². The normalized spacial score (nSPS) is 21.8. The number of rotatable bonds is 4. The van der Waals surface area contributed by atoms with Crippen LogP contribution in [-0.2, 0) is 18.4 Å². The zero-order chi connectivity index (χ0) is 15.4. The van der Waals surface area contributed by atoms with Crippen molar-refractivity contribution in [3.63, 3.8) is 0 Å². The molecular weight excluding hydrogens is 272 g/mol. The quantitative estimate of drug-likeness (QED) is 0.873. The monoisotopic (exact) mass is 294 g/mol. The maximum Gasteiger partial charge on any atom is 0.317 e. The number of hydrogen-bond donors (Lipinski definition) is 2. The van der Waals surface area contributed by atoms with Crippen LogP contribution in [0.1, 0.15) is 31.2 Å². The zero-order valence-electron chi connectivity index (χ0n) is 12.5. The smallest absolute Gasteiger partial charge is 0.317 e. The summed E-state index contributed by atoms with van der Waals surface area (Å²) in [6, 6.07) is -0.517. The van der Waals surface area contributed by atoms with E-state index in [1.807, 2.05) is 13.2 Å². The number of nitrogens with one attached hydrogen (secondary N) is 1. The minimum atomic E-state index is -0.824. The fraction of sp³-hybridized carbons (Fsp3) is 0.643. The van der Waals surface area contributed by atoms with Crippen molar-refractivity contribution in [2.45, 2.75) is 38.3 Å². The maximum absolute atomic E-state index is 12.2. The van der Waals surface area contributed by atoms with Gasteiger partial charge in [-0.2, -0.15) is 5.10 Å². The number of carbonyl (C=O) groups is 2.